The molecule has 34 heavy (non-hydrogen) atoms. The lowest BCUT2D eigenvalue weighted by Gasteiger charge is -2.13. The van der Waals surface area contributed by atoms with E-state index in [1.165, 1.54) is 24.1 Å². The van der Waals surface area contributed by atoms with E-state index in [0.29, 0.717) is 22.0 Å². The van der Waals surface area contributed by atoms with Gasteiger partial charge in [-0.05, 0) is 65.4 Å². The zero-order chi connectivity index (χ0) is 24.2. The van der Waals surface area contributed by atoms with Crippen LogP contribution in [0.5, 0.6) is 11.5 Å². The molecule has 2 amide bonds. The maximum atomic E-state index is 14.0. The van der Waals surface area contributed by atoms with E-state index in [9.17, 15) is 14.0 Å². The van der Waals surface area contributed by atoms with Gasteiger partial charge in [-0.15, -0.1) is 0 Å². The van der Waals surface area contributed by atoms with Crippen molar-refractivity contribution >= 4 is 56.5 Å². The van der Waals surface area contributed by atoms with E-state index in [1.807, 2.05) is 24.3 Å². The zero-order valence-electron chi connectivity index (χ0n) is 17.9. The van der Waals surface area contributed by atoms with Gasteiger partial charge in [0.2, 0.25) is 0 Å². The number of thioether (sulfide) groups is 1. The minimum absolute atomic E-state index is 0.0733. The van der Waals surface area contributed by atoms with Crippen molar-refractivity contribution in [3.63, 3.8) is 0 Å². The molecule has 0 aliphatic carbocycles. The third-order valence-electron chi connectivity index (χ3n) is 5.05. The van der Waals surface area contributed by atoms with Crippen LogP contribution < -0.4 is 9.47 Å². The van der Waals surface area contributed by atoms with Crippen LogP contribution in [0.15, 0.2) is 70.0 Å². The predicted octanol–water partition coefficient (Wildman–Crippen LogP) is 7.07. The maximum Gasteiger partial charge on any atom is 0.293 e. The molecular formula is C25H18BrClFNO4S. The summed E-state index contributed by atoms with van der Waals surface area (Å²) in [5.41, 5.74) is 1.75. The van der Waals surface area contributed by atoms with E-state index < -0.39 is 5.82 Å². The van der Waals surface area contributed by atoms with Gasteiger partial charge in [-0.3, -0.25) is 14.5 Å². The number of carbonyl (C=O) groups excluding carboxylic acids is 2. The average molecular weight is 563 g/mol. The van der Waals surface area contributed by atoms with Crippen LogP contribution >= 0.6 is 39.3 Å². The molecule has 0 spiro atoms. The standard InChI is InChI=1S/C25H18BrClFNO4S/c1-32-22-11-16(7-10-21(22)33-14-18-19(27)3-2-4-20(18)28)12-23-24(30)29(25(31)34-23)13-15-5-8-17(26)9-6-15/h2-12H,13-14H2,1H3/b23-12-. The number of imide groups is 1. The molecule has 0 saturated carbocycles. The fourth-order valence-electron chi connectivity index (χ4n) is 3.27. The first kappa shape index (κ1) is 24.3. The number of nitrogens with zero attached hydrogens (tertiary/aromatic N) is 1. The Bertz CT molecular complexity index is 1260. The van der Waals surface area contributed by atoms with Crippen LogP contribution in [0.4, 0.5) is 9.18 Å². The third-order valence-corrected chi connectivity index (χ3v) is 6.84. The highest BCUT2D eigenvalue weighted by atomic mass is 79.9. The smallest absolute Gasteiger partial charge is 0.293 e. The summed E-state index contributed by atoms with van der Waals surface area (Å²) >= 11 is 10.3. The van der Waals surface area contributed by atoms with Gasteiger partial charge in [-0.1, -0.05) is 51.8 Å². The second kappa shape index (κ2) is 10.6. The van der Waals surface area contributed by atoms with Crippen molar-refractivity contribution in [2.45, 2.75) is 13.2 Å². The predicted molar refractivity (Wildman–Crippen MR) is 134 cm³/mol. The molecule has 0 atom stereocenters. The summed E-state index contributed by atoms with van der Waals surface area (Å²) in [6.45, 7) is 0.125. The molecule has 174 valence electrons. The Morgan fingerprint density at radius 3 is 2.56 bits per heavy atom. The third kappa shape index (κ3) is 5.46. The molecule has 5 nitrogen and oxygen atoms in total. The molecule has 3 aromatic carbocycles. The Morgan fingerprint density at radius 2 is 1.85 bits per heavy atom. The molecular weight excluding hydrogens is 545 g/mol. The van der Waals surface area contributed by atoms with Gasteiger partial charge in [0, 0.05) is 10.0 Å². The van der Waals surface area contributed by atoms with E-state index in [0.717, 1.165) is 21.8 Å². The van der Waals surface area contributed by atoms with Gasteiger partial charge in [-0.2, -0.15) is 0 Å². The summed E-state index contributed by atoms with van der Waals surface area (Å²) in [5, 5.41) is -0.0534. The van der Waals surface area contributed by atoms with Gasteiger partial charge in [0.05, 0.1) is 23.6 Å². The molecule has 1 saturated heterocycles. The summed E-state index contributed by atoms with van der Waals surface area (Å²) < 4.78 is 26.1. The zero-order valence-corrected chi connectivity index (χ0v) is 21.0. The fraction of sp³-hybridized carbons (Fsp3) is 0.120. The van der Waals surface area contributed by atoms with Crippen LogP contribution in [0, 0.1) is 5.82 Å². The number of ether oxygens (including phenoxy) is 2. The van der Waals surface area contributed by atoms with Gasteiger partial charge in [0.1, 0.15) is 12.4 Å². The number of rotatable bonds is 7. The van der Waals surface area contributed by atoms with Crippen molar-refractivity contribution in [3.05, 3.63) is 97.6 Å². The molecule has 1 aliphatic rings. The summed E-state index contributed by atoms with van der Waals surface area (Å²) in [6.07, 6.45) is 1.63. The van der Waals surface area contributed by atoms with Crippen molar-refractivity contribution in [1.82, 2.24) is 4.90 Å². The number of hydrogen-bond acceptors (Lipinski definition) is 5. The first-order valence-electron chi connectivity index (χ1n) is 10.1. The Kier molecular flexibility index (Phi) is 7.60. The number of carbonyl (C=O) groups is 2. The SMILES string of the molecule is COc1cc(/C=C2\SC(=O)N(Cc3ccc(Br)cc3)C2=O)ccc1OCc1c(F)cccc1Cl. The number of halogens is 3. The molecule has 0 aromatic heterocycles. The van der Waals surface area contributed by atoms with Crippen LogP contribution in [0.25, 0.3) is 6.08 Å². The molecule has 1 fully saturated rings. The van der Waals surface area contributed by atoms with E-state index in [-0.39, 0.29) is 34.9 Å². The highest BCUT2D eigenvalue weighted by Crippen LogP contribution is 2.36. The van der Waals surface area contributed by atoms with Crippen molar-refractivity contribution in [3.8, 4) is 11.5 Å². The van der Waals surface area contributed by atoms with Gasteiger partial charge in [-0.25, -0.2) is 4.39 Å². The molecule has 4 rings (SSSR count). The lowest BCUT2D eigenvalue weighted by atomic mass is 10.1. The Morgan fingerprint density at radius 1 is 1.09 bits per heavy atom. The van der Waals surface area contributed by atoms with Crippen molar-refractivity contribution in [2.24, 2.45) is 0 Å². The number of hydrogen-bond donors (Lipinski definition) is 0. The summed E-state index contributed by atoms with van der Waals surface area (Å²) in [5.74, 6) is -0.0222. The molecule has 0 N–H and O–H groups in total. The molecule has 1 aliphatic heterocycles. The summed E-state index contributed by atoms with van der Waals surface area (Å²) in [7, 11) is 1.48. The number of benzene rings is 3. The fourth-order valence-corrected chi connectivity index (χ4v) is 4.59. The van der Waals surface area contributed by atoms with Crippen LogP contribution in [-0.2, 0) is 17.9 Å². The number of amides is 2. The molecule has 9 heteroatoms. The second-order valence-corrected chi connectivity index (χ2v) is 9.61. The highest BCUT2D eigenvalue weighted by Gasteiger charge is 2.35. The molecule has 0 radical (unpaired) electrons. The molecule has 3 aromatic rings. The minimum atomic E-state index is -0.457. The van der Waals surface area contributed by atoms with Crippen LogP contribution in [-0.4, -0.2) is 23.2 Å². The van der Waals surface area contributed by atoms with Crippen molar-refractivity contribution < 1.29 is 23.5 Å². The van der Waals surface area contributed by atoms with Crippen molar-refractivity contribution in [2.75, 3.05) is 7.11 Å². The highest BCUT2D eigenvalue weighted by molar-refractivity contribution is 9.10. The van der Waals surface area contributed by atoms with Gasteiger partial charge in [0.15, 0.2) is 11.5 Å². The van der Waals surface area contributed by atoms with E-state index in [1.54, 1.807) is 30.3 Å². The minimum Gasteiger partial charge on any atom is -0.493 e. The van der Waals surface area contributed by atoms with Gasteiger partial charge >= 0.3 is 0 Å². The van der Waals surface area contributed by atoms with Gasteiger partial charge < -0.3 is 9.47 Å². The second-order valence-electron chi connectivity index (χ2n) is 7.29. The quantitative estimate of drug-likeness (QED) is 0.288. The number of methoxy groups -OCH3 is 1. The average Bonchev–Trinajstić information content (AvgIpc) is 3.08. The van der Waals surface area contributed by atoms with Gasteiger partial charge in [0.25, 0.3) is 11.1 Å². The largest absolute Gasteiger partial charge is 0.493 e. The lowest BCUT2D eigenvalue weighted by Crippen LogP contribution is -2.27. The molecule has 0 unspecified atom stereocenters. The Balaban J connectivity index is 1.50. The summed E-state index contributed by atoms with van der Waals surface area (Å²) in [4.78, 5) is 26.8. The summed E-state index contributed by atoms with van der Waals surface area (Å²) in [6, 6.07) is 16.9. The first-order valence-corrected chi connectivity index (χ1v) is 12.1. The normalized spacial score (nSPS) is 14.7. The van der Waals surface area contributed by atoms with E-state index >= 15 is 0 Å². The van der Waals surface area contributed by atoms with Crippen LogP contribution in [0.2, 0.25) is 5.02 Å². The topological polar surface area (TPSA) is 55.8 Å². The Hall–Kier alpha value is -2.81. The first-order chi connectivity index (χ1) is 16.4. The molecule has 0 bridgehead atoms. The maximum absolute atomic E-state index is 14.0. The van der Waals surface area contributed by atoms with Crippen LogP contribution in [0.3, 0.4) is 0 Å². The van der Waals surface area contributed by atoms with Crippen molar-refractivity contribution in [1.29, 1.82) is 0 Å². The van der Waals surface area contributed by atoms with Crippen LogP contribution in [0.1, 0.15) is 16.7 Å². The van der Waals surface area contributed by atoms with E-state index in [2.05, 4.69) is 15.9 Å². The van der Waals surface area contributed by atoms with E-state index in [4.69, 9.17) is 21.1 Å². The lowest BCUT2D eigenvalue weighted by molar-refractivity contribution is -0.123. The molecule has 1 heterocycles. The monoisotopic (exact) mass is 561 g/mol. The Labute approximate surface area is 213 Å².